The third-order valence-electron chi connectivity index (χ3n) is 2.68. The number of pyridine rings is 1. The molecule has 2 rings (SSSR count). The Labute approximate surface area is 95.1 Å². The molecule has 16 heavy (non-hydrogen) atoms. The van der Waals surface area contributed by atoms with E-state index in [4.69, 9.17) is 0 Å². The van der Waals surface area contributed by atoms with Crippen LogP contribution in [0.2, 0.25) is 0 Å². The Morgan fingerprint density at radius 3 is 2.69 bits per heavy atom. The van der Waals surface area contributed by atoms with E-state index in [2.05, 4.69) is 41.0 Å². The summed E-state index contributed by atoms with van der Waals surface area (Å²) in [7, 11) is 0. The number of hydrogen-bond donors (Lipinski definition) is 1. The van der Waals surface area contributed by atoms with Crippen LogP contribution >= 0.6 is 0 Å². The van der Waals surface area contributed by atoms with E-state index in [0.717, 1.165) is 17.8 Å². The van der Waals surface area contributed by atoms with Gasteiger partial charge in [0.05, 0.1) is 0 Å². The first-order chi connectivity index (χ1) is 7.61. The molecular formula is C12H16N4. The second kappa shape index (κ2) is 4.04. The van der Waals surface area contributed by atoms with Crippen LogP contribution in [0.15, 0.2) is 24.5 Å². The monoisotopic (exact) mass is 216 g/mol. The first-order valence-corrected chi connectivity index (χ1v) is 5.47. The van der Waals surface area contributed by atoms with Crippen molar-refractivity contribution in [2.24, 2.45) is 0 Å². The van der Waals surface area contributed by atoms with Gasteiger partial charge in [-0.2, -0.15) is 0 Å². The molecule has 0 fully saturated rings. The lowest BCUT2D eigenvalue weighted by Gasteiger charge is -2.25. The zero-order valence-corrected chi connectivity index (χ0v) is 9.86. The molecule has 0 aromatic carbocycles. The van der Waals surface area contributed by atoms with Crippen LogP contribution in [0, 0.1) is 0 Å². The Balaban J connectivity index is 2.33. The van der Waals surface area contributed by atoms with Gasteiger partial charge in [0, 0.05) is 17.9 Å². The summed E-state index contributed by atoms with van der Waals surface area (Å²) in [6, 6.07) is 3.87. The molecule has 2 heterocycles. The predicted molar refractivity (Wildman–Crippen MR) is 65.3 cm³/mol. The Morgan fingerprint density at radius 1 is 1.19 bits per heavy atom. The van der Waals surface area contributed by atoms with E-state index in [1.54, 1.807) is 12.4 Å². The van der Waals surface area contributed by atoms with Gasteiger partial charge < -0.3 is 5.32 Å². The number of hydrogen-bond acceptors (Lipinski definition) is 4. The number of anilines is 1. The van der Waals surface area contributed by atoms with Crippen LogP contribution < -0.4 is 5.32 Å². The molecule has 0 amide bonds. The SMILES string of the molecule is CCC(C)(C)Nc1ccc2nccnc2n1. The van der Waals surface area contributed by atoms with E-state index in [1.807, 2.05) is 12.1 Å². The highest BCUT2D eigenvalue weighted by Gasteiger charge is 2.14. The molecule has 0 saturated carbocycles. The zero-order chi connectivity index (χ0) is 11.6. The summed E-state index contributed by atoms with van der Waals surface area (Å²) in [6.07, 6.45) is 4.37. The Hall–Kier alpha value is -1.71. The molecule has 2 aromatic rings. The lowest BCUT2D eigenvalue weighted by atomic mass is 10.0. The highest BCUT2D eigenvalue weighted by atomic mass is 15.1. The van der Waals surface area contributed by atoms with Crippen molar-refractivity contribution in [3.8, 4) is 0 Å². The number of fused-ring (bicyclic) bond motifs is 1. The van der Waals surface area contributed by atoms with Crippen LogP contribution in [0.4, 0.5) is 5.82 Å². The first kappa shape index (κ1) is 10.8. The van der Waals surface area contributed by atoms with Gasteiger partial charge in [-0.3, -0.25) is 4.98 Å². The van der Waals surface area contributed by atoms with Crippen LogP contribution in [0.5, 0.6) is 0 Å². The van der Waals surface area contributed by atoms with E-state index in [-0.39, 0.29) is 5.54 Å². The van der Waals surface area contributed by atoms with Gasteiger partial charge in [-0.25, -0.2) is 9.97 Å². The van der Waals surface area contributed by atoms with Gasteiger partial charge in [0.1, 0.15) is 11.3 Å². The maximum atomic E-state index is 4.42. The molecule has 2 aromatic heterocycles. The minimum absolute atomic E-state index is 0.0445. The highest BCUT2D eigenvalue weighted by Crippen LogP contribution is 2.17. The summed E-state index contributed by atoms with van der Waals surface area (Å²) in [4.78, 5) is 12.8. The van der Waals surface area contributed by atoms with Crippen LogP contribution in [0.3, 0.4) is 0 Å². The van der Waals surface area contributed by atoms with Gasteiger partial charge in [-0.05, 0) is 32.4 Å². The number of nitrogens with one attached hydrogen (secondary N) is 1. The third kappa shape index (κ3) is 2.27. The first-order valence-electron chi connectivity index (χ1n) is 5.47. The van der Waals surface area contributed by atoms with E-state index in [1.165, 1.54) is 0 Å². The smallest absolute Gasteiger partial charge is 0.180 e. The molecule has 0 aliphatic rings. The maximum absolute atomic E-state index is 4.42. The minimum atomic E-state index is 0.0445. The van der Waals surface area contributed by atoms with Crippen LogP contribution in [-0.2, 0) is 0 Å². The van der Waals surface area contributed by atoms with Crippen LogP contribution in [0.1, 0.15) is 27.2 Å². The third-order valence-corrected chi connectivity index (χ3v) is 2.68. The zero-order valence-electron chi connectivity index (χ0n) is 9.86. The van der Waals surface area contributed by atoms with Gasteiger partial charge in [0.15, 0.2) is 5.65 Å². The average Bonchev–Trinajstić information content (AvgIpc) is 2.28. The molecule has 0 aliphatic carbocycles. The van der Waals surface area contributed by atoms with Crippen molar-refractivity contribution in [2.75, 3.05) is 5.32 Å². The normalized spacial score (nSPS) is 11.7. The summed E-state index contributed by atoms with van der Waals surface area (Å²) in [6.45, 7) is 6.44. The fraction of sp³-hybridized carbons (Fsp3) is 0.417. The van der Waals surface area contributed by atoms with Gasteiger partial charge in [0.2, 0.25) is 0 Å². The fourth-order valence-electron chi connectivity index (χ4n) is 1.36. The minimum Gasteiger partial charge on any atom is -0.365 e. The van der Waals surface area contributed by atoms with Gasteiger partial charge in [-0.15, -0.1) is 0 Å². The Kier molecular flexibility index (Phi) is 2.73. The van der Waals surface area contributed by atoms with Crippen LogP contribution in [-0.4, -0.2) is 20.5 Å². The van der Waals surface area contributed by atoms with Crippen molar-refractivity contribution in [1.82, 2.24) is 15.0 Å². The lowest BCUT2D eigenvalue weighted by molar-refractivity contribution is 0.545. The maximum Gasteiger partial charge on any atom is 0.180 e. The Bertz CT molecular complexity index is 493. The average molecular weight is 216 g/mol. The second-order valence-corrected chi connectivity index (χ2v) is 4.46. The molecule has 1 N–H and O–H groups in total. The standard InChI is InChI=1S/C12H16N4/c1-4-12(2,3)16-10-6-5-9-11(15-10)14-8-7-13-9/h5-8H,4H2,1-3H3,(H,14,15,16). The number of rotatable bonds is 3. The molecular weight excluding hydrogens is 200 g/mol. The molecule has 4 nitrogen and oxygen atoms in total. The van der Waals surface area contributed by atoms with E-state index < -0.39 is 0 Å². The van der Waals surface area contributed by atoms with Crippen LogP contribution in [0.25, 0.3) is 11.2 Å². The highest BCUT2D eigenvalue weighted by molar-refractivity contribution is 5.71. The van der Waals surface area contributed by atoms with Crippen molar-refractivity contribution < 1.29 is 0 Å². The molecule has 4 heteroatoms. The molecule has 0 unspecified atom stereocenters. The van der Waals surface area contributed by atoms with Crippen molar-refractivity contribution >= 4 is 17.0 Å². The van der Waals surface area contributed by atoms with E-state index >= 15 is 0 Å². The van der Waals surface area contributed by atoms with Crippen molar-refractivity contribution in [1.29, 1.82) is 0 Å². The number of nitrogens with zero attached hydrogens (tertiary/aromatic N) is 3. The predicted octanol–water partition coefficient (Wildman–Crippen LogP) is 2.63. The largest absolute Gasteiger partial charge is 0.365 e. The molecule has 0 bridgehead atoms. The topological polar surface area (TPSA) is 50.7 Å². The molecule has 0 aliphatic heterocycles. The van der Waals surface area contributed by atoms with Gasteiger partial charge >= 0.3 is 0 Å². The van der Waals surface area contributed by atoms with Crippen molar-refractivity contribution in [3.05, 3.63) is 24.5 Å². The van der Waals surface area contributed by atoms with Gasteiger partial charge in [0.25, 0.3) is 0 Å². The lowest BCUT2D eigenvalue weighted by Crippen LogP contribution is -2.30. The molecule has 0 atom stereocenters. The molecule has 0 saturated heterocycles. The Morgan fingerprint density at radius 2 is 1.94 bits per heavy atom. The number of aromatic nitrogens is 3. The second-order valence-electron chi connectivity index (χ2n) is 4.46. The fourth-order valence-corrected chi connectivity index (χ4v) is 1.36. The van der Waals surface area contributed by atoms with E-state index in [0.29, 0.717) is 5.65 Å². The van der Waals surface area contributed by atoms with E-state index in [9.17, 15) is 0 Å². The molecule has 0 spiro atoms. The van der Waals surface area contributed by atoms with Crippen molar-refractivity contribution in [2.45, 2.75) is 32.7 Å². The van der Waals surface area contributed by atoms with Crippen molar-refractivity contribution in [3.63, 3.8) is 0 Å². The summed E-state index contributed by atoms with van der Waals surface area (Å²) in [5.74, 6) is 0.847. The summed E-state index contributed by atoms with van der Waals surface area (Å²) >= 11 is 0. The summed E-state index contributed by atoms with van der Waals surface area (Å²) < 4.78 is 0. The molecule has 84 valence electrons. The summed E-state index contributed by atoms with van der Waals surface area (Å²) in [5, 5.41) is 3.38. The molecule has 0 radical (unpaired) electrons. The van der Waals surface area contributed by atoms with Gasteiger partial charge in [-0.1, -0.05) is 6.92 Å². The summed E-state index contributed by atoms with van der Waals surface area (Å²) in [5.41, 5.74) is 1.55. The quantitative estimate of drug-likeness (QED) is 0.856.